The van der Waals surface area contributed by atoms with Crippen molar-refractivity contribution < 1.29 is 27.5 Å². The summed E-state index contributed by atoms with van der Waals surface area (Å²) in [6.45, 7) is 3.74. The van der Waals surface area contributed by atoms with E-state index in [1.807, 2.05) is 0 Å². The number of ether oxygens (including phenoxy) is 1. The standard InChI is InChI=1S/C22H25F3N6O3/c1-14(32)31-7-6-17-18(12-31)28-19(29-20(17)30-8-10-34-11-9-30)15-2-4-16(5-3-15)27-21(33)26-13-22(23,24)25/h2-5H,6-13H2,1H3,(H2,26,27,33). The molecule has 2 aliphatic rings. The molecule has 0 unspecified atom stereocenters. The number of hydrogen-bond acceptors (Lipinski definition) is 6. The van der Waals surface area contributed by atoms with Crippen LogP contribution >= 0.6 is 0 Å². The van der Waals surface area contributed by atoms with E-state index in [-0.39, 0.29) is 5.91 Å². The molecule has 0 saturated carbocycles. The van der Waals surface area contributed by atoms with Crippen LogP contribution in [0.3, 0.4) is 0 Å². The van der Waals surface area contributed by atoms with Gasteiger partial charge >= 0.3 is 12.2 Å². The number of hydrogen-bond donors (Lipinski definition) is 2. The normalized spacial score (nSPS) is 16.1. The number of halogens is 3. The third kappa shape index (κ3) is 5.74. The molecule has 12 heteroatoms. The number of carbonyl (C=O) groups excluding carboxylic acids is 2. The first-order chi connectivity index (χ1) is 16.2. The van der Waals surface area contributed by atoms with Gasteiger partial charge in [-0.15, -0.1) is 0 Å². The molecule has 2 N–H and O–H groups in total. The minimum absolute atomic E-state index is 0.0158. The molecule has 182 valence electrons. The molecule has 4 rings (SSSR count). The minimum Gasteiger partial charge on any atom is -0.378 e. The van der Waals surface area contributed by atoms with Crippen molar-refractivity contribution >= 4 is 23.4 Å². The van der Waals surface area contributed by atoms with Gasteiger partial charge in [-0.3, -0.25) is 4.79 Å². The highest BCUT2D eigenvalue weighted by Crippen LogP contribution is 2.30. The summed E-state index contributed by atoms with van der Waals surface area (Å²) >= 11 is 0. The Morgan fingerprint density at radius 3 is 2.44 bits per heavy atom. The molecule has 1 saturated heterocycles. The molecule has 0 bridgehead atoms. The van der Waals surface area contributed by atoms with Crippen LogP contribution in [0.1, 0.15) is 18.2 Å². The third-order valence-corrected chi connectivity index (χ3v) is 5.65. The van der Waals surface area contributed by atoms with Gasteiger partial charge in [0.25, 0.3) is 0 Å². The summed E-state index contributed by atoms with van der Waals surface area (Å²) in [5.41, 5.74) is 2.83. The Morgan fingerprint density at radius 1 is 1.09 bits per heavy atom. The number of benzene rings is 1. The highest BCUT2D eigenvalue weighted by Gasteiger charge is 2.28. The van der Waals surface area contributed by atoms with Crippen LogP contribution in [-0.2, 0) is 22.5 Å². The lowest BCUT2D eigenvalue weighted by atomic mass is 10.0. The second-order valence-corrected chi connectivity index (χ2v) is 8.09. The molecule has 0 aliphatic carbocycles. The maximum atomic E-state index is 12.3. The zero-order valence-electron chi connectivity index (χ0n) is 18.6. The van der Waals surface area contributed by atoms with E-state index in [9.17, 15) is 22.8 Å². The largest absolute Gasteiger partial charge is 0.405 e. The first kappa shape index (κ1) is 23.7. The van der Waals surface area contributed by atoms with Gasteiger partial charge in [0.2, 0.25) is 5.91 Å². The lowest BCUT2D eigenvalue weighted by Crippen LogP contribution is -2.40. The van der Waals surface area contributed by atoms with Crippen LogP contribution in [-0.4, -0.2) is 72.4 Å². The van der Waals surface area contributed by atoms with Crippen LogP contribution in [0.5, 0.6) is 0 Å². The average Bonchev–Trinajstić information content (AvgIpc) is 2.82. The zero-order chi connectivity index (χ0) is 24.3. The van der Waals surface area contributed by atoms with Gasteiger partial charge in [0, 0.05) is 43.4 Å². The number of rotatable bonds is 4. The van der Waals surface area contributed by atoms with Crippen LogP contribution in [0.4, 0.5) is 29.5 Å². The predicted molar refractivity (Wildman–Crippen MR) is 118 cm³/mol. The number of aromatic nitrogens is 2. The number of nitrogens with zero attached hydrogens (tertiary/aromatic N) is 4. The van der Waals surface area contributed by atoms with Crippen LogP contribution < -0.4 is 15.5 Å². The molecular formula is C22H25F3N6O3. The molecule has 0 spiro atoms. The maximum Gasteiger partial charge on any atom is 0.405 e. The second kappa shape index (κ2) is 9.84. The Labute approximate surface area is 194 Å². The van der Waals surface area contributed by atoms with E-state index in [0.29, 0.717) is 62.9 Å². The lowest BCUT2D eigenvalue weighted by Gasteiger charge is -2.34. The van der Waals surface area contributed by atoms with Gasteiger partial charge in [-0.05, 0) is 30.7 Å². The fourth-order valence-corrected chi connectivity index (χ4v) is 3.90. The van der Waals surface area contributed by atoms with Crippen molar-refractivity contribution in [3.8, 4) is 11.4 Å². The second-order valence-electron chi connectivity index (χ2n) is 8.09. The summed E-state index contributed by atoms with van der Waals surface area (Å²) in [5, 5.41) is 4.13. The summed E-state index contributed by atoms with van der Waals surface area (Å²) < 4.78 is 42.3. The van der Waals surface area contributed by atoms with Crippen LogP contribution in [0, 0.1) is 0 Å². The smallest absolute Gasteiger partial charge is 0.378 e. The van der Waals surface area contributed by atoms with Crippen LogP contribution in [0.15, 0.2) is 24.3 Å². The first-order valence-electron chi connectivity index (χ1n) is 10.9. The average molecular weight is 478 g/mol. The third-order valence-electron chi connectivity index (χ3n) is 5.65. The number of nitrogens with one attached hydrogen (secondary N) is 2. The monoisotopic (exact) mass is 478 g/mol. The Hall–Kier alpha value is -3.41. The van der Waals surface area contributed by atoms with E-state index in [4.69, 9.17) is 14.7 Å². The number of amides is 3. The Morgan fingerprint density at radius 2 is 1.79 bits per heavy atom. The number of alkyl halides is 3. The number of urea groups is 1. The van der Waals surface area contributed by atoms with Crippen LogP contribution in [0.2, 0.25) is 0 Å². The molecule has 3 heterocycles. The molecule has 9 nitrogen and oxygen atoms in total. The SMILES string of the molecule is CC(=O)N1CCc2c(nc(-c3ccc(NC(=O)NCC(F)(F)F)cc3)nc2N2CCOCC2)C1. The fourth-order valence-electron chi connectivity index (χ4n) is 3.90. The molecule has 2 aromatic rings. The highest BCUT2D eigenvalue weighted by atomic mass is 19.4. The molecule has 34 heavy (non-hydrogen) atoms. The van der Waals surface area contributed by atoms with E-state index in [1.165, 1.54) is 6.92 Å². The maximum absolute atomic E-state index is 12.3. The number of fused-ring (bicyclic) bond motifs is 1. The van der Waals surface area contributed by atoms with Gasteiger partial charge in [-0.2, -0.15) is 13.2 Å². The Kier molecular flexibility index (Phi) is 6.87. The summed E-state index contributed by atoms with van der Waals surface area (Å²) in [6, 6.07) is 5.57. The number of morpholine rings is 1. The Bertz CT molecular complexity index is 1060. The summed E-state index contributed by atoms with van der Waals surface area (Å²) in [5.74, 6) is 1.29. The molecule has 3 amide bonds. The van der Waals surface area contributed by atoms with Gasteiger partial charge in [0.15, 0.2) is 5.82 Å². The van der Waals surface area contributed by atoms with Gasteiger partial charge in [0.1, 0.15) is 12.4 Å². The van der Waals surface area contributed by atoms with Crippen molar-refractivity contribution in [1.82, 2.24) is 20.2 Å². The topological polar surface area (TPSA) is 99.7 Å². The molecule has 0 radical (unpaired) electrons. The van der Waals surface area contributed by atoms with Crippen LogP contribution in [0.25, 0.3) is 11.4 Å². The first-order valence-corrected chi connectivity index (χ1v) is 10.9. The highest BCUT2D eigenvalue weighted by molar-refractivity contribution is 5.89. The van der Waals surface area contributed by atoms with E-state index in [1.54, 1.807) is 34.5 Å². The van der Waals surface area contributed by atoms with E-state index >= 15 is 0 Å². The molecule has 2 aliphatic heterocycles. The summed E-state index contributed by atoms with van der Waals surface area (Å²) in [7, 11) is 0. The predicted octanol–water partition coefficient (Wildman–Crippen LogP) is 2.57. The van der Waals surface area contributed by atoms with Crippen molar-refractivity contribution in [2.75, 3.05) is 49.6 Å². The fraction of sp³-hybridized carbons (Fsp3) is 0.455. The van der Waals surface area contributed by atoms with Crippen molar-refractivity contribution in [2.45, 2.75) is 26.1 Å². The quantitative estimate of drug-likeness (QED) is 0.701. The number of anilines is 2. The zero-order valence-corrected chi connectivity index (χ0v) is 18.6. The van der Waals surface area contributed by atoms with Crippen molar-refractivity contribution in [3.63, 3.8) is 0 Å². The van der Waals surface area contributed by atoms with Gasteiger partial charge in [0.05, 0.1) is 25.5 Å². The van der Waals surface area contributed by atoms with E-state index in [2.05, 4.69) is 10.2 Å². The molecule has 1 aromatic carbocycles. The van der Waals surface area contributed by atoms with Crippen molar-refractivity contribution in [3.05, 3.63) is 35.5 Å². The molecule has 1 aromatic heterocycles. The minimum atomic E-state index is -4.48. The van der Waals surface area contributed by atoms with E-state index in [0.717, 1.165) is 17.1 Å². The number of carbonyl (C=O) groups is 2. The summed E-state index contributed by atoms with van der Waals surface area (Å²) in [6.07, 6.45) is -3.82. The van der Waals surface area contributed by atoms with Gasteiger partial charge in [-0.25, -0.2) is 14.8 Å². The van der Waals surface area contributed by atoms with Crippen molar-refractivity contribution in [1.29, 1.82) is 0 Å². The molecule has 0 atom stereocenters. The van der Waals surface area contributed by atoms with Crippen molar-refractivity contribution in [2.24, 2.45) is 0 Å². The Balaban J connectivity index is 1.58. The van der Waals surface area contributed by atoms with E-state index < -0.39 is 18.8 Å². The van der Waals surface area contributed by atoms with Gasteiger partial charge < -0.3 is 25.2 Å². The lowest BCUT2D eigenvalue weighted by molar-refractivity contribution is -0.129. The molecular weight excluding hydrogens is 453 g/mol. The molecule has 1 fully saturated rings. The van der Waals surface area contributed by atoms with Gasteiger partial charge in [-0.1, -0.05) is 0 Å². The summed E-state index contributed by atoms with van der Waals surface area (Å²) in [4.78, 5) is 37.1.